The summed E-state index contributed by atoms with van der Waals surface area (Å²) in [6.45, 7) is 4.33. The van der Waals surface area contributed by atoms with Crippen LogP contribution in [0.15, 0.2) is 18.7 Å². The van der Waals surface area contributed by atoms with Gasteiger partial charge in [0.2, 0.25) is 0 Å². The molecule has 4 rings (SSSR count). The van der Waals surface area contributed by atoms with Crippen molar-refractivity contribution in [1.82, 2.24) is 34.6 Å². The predicted molar refractivity (Wildman–Crippen MR) is 108 cm³/mol. The number of nitrogens with one attached hydrogen (secondary N) is 2. The number of aliphatic hydroxyl groups is 3. The molecule has 0 aliphatic carbocycles. The Morgan fingerprint density at radius 3 is 2.71 bits per heavy atom. The largest absolute Gasteiger partial charge is 0.394 e. The first-order valence-electron chi connectivity index (χ1n) is 9.92. The number of carbonyl (C=O) groups excluding carboxylic acids is 1. The molecule has 13 heteroatoms. The predicted octanol–water partition coefficient (Wildman–Crippen LogP) is -1.19. The van der Waals surface area contributed by atoms with Gasteiger partial charge in [0.1, 0.15) is 18.3 Å². The second kappa shape index (κ2) is 8.55. The van der Waals surface area contributed by atoms with Crippen molar-refractivity contribution in [2.45, 2.75) is 38.4 Å². The molecular formula is C18H24N8O5. The van der Waals surface area contributed by atoms with E-state index in [4.69, 9.17) is 4.74 Å². The van der Waals surface area contributed by atoms with Crippen LogP contribution in [0.1, 0.15) is 30.4 Å². The molecule has 3 aromatic heterocycles. The van der Waals surface area contributed by atoms with Crippen LogP contribution in [0.5, 0.6) is 0 Å². The highest BCUT2D eigenvalue weighted by Crippen LogP contribution is 2.32. The van der Waals surface area contributed by atoms with Crippen LogP contribution in [0, 0.1) is 0 Å². The Hall–Kier alpha value is -3.13. The Morgan fingerprint density at radius 1 is 1.23 bits per heavy atom. The molecule has 1 amide bonds. The maximum Gasteiger partial charge on any atom is 0.254 e. The molecule has 0 bridgehead atoms. The fraction of sp³-hybridized carbons (Fsp3) is 0.500. The van der Waals surface area contributed by atoms with E-state index in [9.17, 15) is 20.1 Å². The molecule has 0 saturated carbocycles. The maximum absolute atomic E-state index is 12.1. The van der Waals surface area contributed by atoms with E-state index in [1.165, 1.54) is 28.0 Å². The lowest BCUT2D eigenvalue weighted by Crippen LogP contribution is -2.33. The summed E-state index contributed by atoms with van der Waals surface area (Å²) in [6.07, 6.45) is -0.134. The second-order valence-electron chi connectivity index (χ2n) is 6.99. The monoisotopic (exact) mass is 432 g/mol. The Bertz CT molecular complexity index is 1080. The molecule has 0 spiro atoms. The van der Waals surface area contributed by atoms with E-state index in [0.717, 1.165) is 0 Å². The van der Waals surface area contributed by atoms with Gasteiger partial charge in [0.15, 0.2) is 23.2 Å². The van der Waals surface area contributed by atoms with Crippen LogP contribution in [0.2, 0.25) is 0 Å². The molecule has 1 aliphatic rings. The standard InChI is InChI=1S/C18H24N8O5/c1-3-19-14-11-15(25(8-21-11)17-13(29)12(28)10(7-27)31-17)24-18(23-14)26-6-9(5-22-26)16(30)20-4-2/h5-6,8,10,12-13,17,27-29H,3-4,7H2,1-2H3,(H,20,30)(H,19,23,24)/t10-,12-,13-,17-/m1/s1. The average molecular weight is 432 g/mol. The zero-order valence-electron chi connectivity index (χ0n) is 17.0. The van der Waals surface area contributed by atoms with Gasteiger partial charge in [-0.3, -0.25) is 9.36 Å². The number of nitrogens with zero attached hydrogens (tertiary/aromatic N) is 6. The molecule has 1 aliphatic heterocycles. The number of ether oxygens (including phenoxy) is 1. The molecule has 4 atom stereocenters. The highest BCUT2D eigenvalue weighted by Gasteiger charge is 2.44. The number of carbonyl (C=O) groups is 1. The van der Waals surface area contributed by atoms with E-state index in [0.29, 0.717) is 35.6 Å². The number of hydrogen-bond donors (Lipinski definition) is 5. The summed E-state index contributed by atoms with van der Waals surface area (Å²) in [4.78, 5) is 25.4. The smallest absolute Gasteiger partial charge is 0.254 e. The summed E-state index contributed by atoms with van der Waals surface area (Å²) in [6, 6.07) is 0. The maximum atomic E-state index is 12.1. The Labute approximate surface area is 176 Å². The van der Waals surface area contributed by atoms with Gasteiger partial charge in [-0.15, -0.1) is 0 Å². The highest BCUT2D eigenvalue weighted by molar-refractivity contribution is 5.93. The van der Waals surface area contributed by atoms with Crippen molar-refractivity contribution in [3.8, 4) is 5.95 Å². The van der Waals surface area contributed by atoms with Crippen molar-refractivity contribution < 1.29 is 24.9 Å². The number of fused-ring (bicyclic) bond motifs is 1. The van der Waals surface area contributed by atoms with Crippen LogP contribution in [-0.2, 0) is 4.74 Å². The number of aliphatic hydroxyl groups excluding tert-OH is 3. The van der Waals surface area contributed by atoms with Gasteiger partial charge < -0.3 is 30.7 Å². The third-order valence-corrected chi connectivity index (χ3v) is 4.93. The Morgan fingerprint density at radius 2 is 2.03 bits per heavy atom. The Balaban J connectivity index is 1.78. The fourth-order valence-corrected chi connectivity index (χ4v) is 3.41. The van der Waals surface area contributed by atoms with Gasteiger partial charge in [-0.05, 0) is 13.8 Å². The van der Waals surface area contributed by atoms with E-state index in [2.05, 4.69) is 30.7 Å². The summed E-state index contributed by atoms with van der Waals surface area (Å²) in [7, 11) is 0. The summed E-state index contributed by atoms with van der Waals surface area (Å²) in [5.41, 5.74) is 1.11. The number of anilines is 1. The van der Waals surface area contributed by atoms with Gasteiger partial charge >= 0.3 is 0 Å². The van der Waals surface area contributed by atoms with E-state index in [1.807, 2.05) is 13.8 Å². The first-order valence-corrected chi connectivity index (χ1v) is 9.92. The van der Waals surface area contributed by atoms with Crippen molar-refractivity contribution >= 4 is 22.9 Å². The minimum Gasteiger partial charge on any atom is -0.394 e. The number of rotatable bonds is 7. The topological polar surface area (TPSA) is 172 Å². The van der Waals surface area contributed by atoms with Crippen molar-refractivity contribution in [3.05, 3.63) is 24.3 Å². The number of imidazole rings is 1. The Kier molecular flexibility index (Phi) is 5.82. The molecule has 0 unspecified atom stereocenters. The van der Waals surface area contributed by atoms with Crippen LogP contribution >= 0.6 is 0 Å². The lowest BCUT2D eigenvalue weighted by molar-refractivity contribution is -0.0511. The van der Waals surface area contributed by atoms with Gasteiger partial charge in [0.25, 0.3) is 11.9 Å². The lowest BCUT2D eigenvalue weighted by atomic mass is 10.1. The molecule has 166 valence electrons. The minimum atomic E-state index is -1.29. The average Bonchev–Trinajstić information content (AvgIpc) is 3.47. The van der Waals surface area contributed by atoms with Gasteiger partial charge in [-0.2, -0.15) is 15.1 Å². The summed E-state index contributed by atoms with van der Waals surface area (Å²) >= 11 is 0. The van der Waals surface area contributed by atoms with Gasteiger partial charge in [-0.25, -0.2) is 9.67 Å². The molecule has 31 heavy (non-hydrogen) atoms. The number of aromatic nitrogens is 6. The molecule has 0 aromatic carbocycles. The molecule has 3 aromatic rings. The first kappa shape index (κ1) is 21.1. The van der Waals surface area contributed by atoms with E-state index in [-0.39, 0.29) is 11.9 Å². The van der Waals surface area contributed by atoms with Crippen molar-refractivity contribution in [2.75, 3.05) is 25.0 Å². The molecule has 4 heterocycles. The number of amides is 1. The summed E-state index contributed by atoms with van der Waals surface area (Å²) in [5, 5.41) is 39.9. The van der Waals surface area contributed by atoms with Gasteiger partial charge in [-0.1, -0.05) is 0 Å². The summed E-state index contributed by atoms with van der Waals surface area (Å²) < 4.78 is 8.44. The van der Waals surface area contributed by atoms with Gasteiger partial charge in [0, 0.05) is 19.3 Å². The molecule has 13 nitrogen and oxygen atoms in total. The van der Waals surface area contributed by atoms with Crippen LogP contribution in [-0.4, -0.2) is 88.5 Å². The van der Waals surface area contributed by atoms with Gasteiger partial charge in [0.05, 0.1) is 24.7 Å². The van der Waals surface area contributed by atoms with Crippen LogP contribution in [0.4, 0.5) is 5.82 Å². The minimum absolute atomic E-state index is 0.174. The molecule has 5 N–H and O–H groups in total. The second-order valence-corrected chi connectivity index (χ2v) is 6.99. The van der Waals surface area contributed by atoms with E-state index >= 15 is 0 Å². The van der Waals surface area contributed by atoms with Crippen molar-refractivity contribution in [3.63, 3.8) is 0 Å². The molecule has 1 saturated heterocycles. The third kappa shape index (κ3) is 3.72. The molecular weight excluding hydrogens is 408 g/mol. The number of hydrogen-bond acceptors (Lipinski definition) is 10. The van der Waals surface area contributed by atoms with Crippen molar-refractivity contribution in [2.24, 2.45) is 0 Å². The normalized spacial score (nSPS) is 23.4. The van der Waals surface area contributed by atoms with Crippen molar-refractivity contribution in [1.29, 1.82) is 0 Å². The molecule has 1 fully saturated rings. The van der Waals surface area contributed by atoms with E-state index in [1.54, 1.807) is 0 Å². The van der Waals surface area contributed by atoms with Crippen LogP contribution in [0.3, 0.4) is 0 Å². The van der Waals surface area contributed by atoms with Crippen LogP contribution in [0.25, 0.3) is 17.1 Å². The highest BCUT2D eigenvalue weighted by atomic mass is 16.6. The first-order chi connectivity index (χ1) is 15.0. The quantitative estimate of drug-likeness (QED) is 0.305. The van der Waals surface area contributed by atoms with Crippen LogP contribution < -0.4 is 10.6 Å². The SMILES string of the molecule is CCNC(=O)c1cnn(-c2nc(NCC)c3ncn([C@@H]4O[C@H](CO)[C@@H](O)[C@H]4O)c3n2)c1. The molecule has 0 radical (unpaired) electrons. The van der Waals surface area contributed by atoms with E-state index < -0.39 is 31.1 Å². The lowest BCUT2D eigenvalue weighted by Gasteiger charge is -2.17. The fourth-order valence-electron chi connectivity index (χ4n) is 3.41. The zero-order chi connectivity index (χ0) is 22.1. The third-order valence-electron chi connectivity index (χ3n) is 4.93. The zero-order valence-corrected chi connectivity index (χ0v) is 17.0. The summed E-state index contributed by atoms with van der Waals surface area (Å²) in [5.74, 6) is 0.342.